The lowest BCUT2D eigenvalue weighted by atomic mass is 10.2. The quantitative estimate of drug-likeness (QED) is 0.819. The summed E-state index contributed by atoms with van der Waals surface area (Å²) in [7, 11) is 0. The first-order valence-electron chi connectivity index (χ1n) is 6.35. The second kappa shape index (κ2) is 4.96. The molecule has 0 saturated carbocycles. The Hall–Kier alpha value is -1.59. The van der Waals surface area contributed by atoms with Crippen molar-refractivity contribution in [2.75, 3.05) is 38.6 Å². The summed E-state index contributed by atoms with van der Waals surface area (Å²) in [6.45, 7) is 5.62. The Balaban J connectivity index is 1.72. The molecular formula is C13H18N4O. The van der Waals surface area contributed by atoms with Crippen LogP contribution >= 0.6 is 0 Å². The molecule has 18 heavy (non-hydrogen) atoms. The monoisotopic (exact) mass is 246 g/mol. The van der Waals surface area contributed by atoms with Gasteiger partial charge in [-0.1, -0.05) is 6.07 Å². The Morgan fingerprint density at radius 2 is 2.06 bits per heavy atom. The van der Waals surface area contributed by atoms with Crippen LogP contribution in [0.15, 0.2) is 24.4 Å². The van der Waals surface area contributed by atoms with E-state index in [1.54, 1.807) is 0 Å². The molecule has 0 bridgehead atoms. The summed E-state index contributed by atoms with van der Waals surface area (Å²) in [5.74, 6) is 0. The van der Waals surface area contributed by atoms with E-state index in [1.165, 1.54) is 0 Å². The van der Waals surface area contributed by atoms with Crippen LogP contribution in [0.5, 0.6) is 0 Å². The van der Waals surface area contributed by atoms with Gasteiger partial charge in [0.2, 0.25) is 0 Å². The van der Waals surface area contributed by atoms with Crippen LogP contribution < -0.4 is 5.73 Å². The summed E-state index contributed by atoms with van der Waals surface area (Å²) in [6.07, 6.45) is 1.85. The van der Waals surface area contributed by atoms with Gasteiger partial charge >= 0.3 is 0 Å². The van der Waals surface area contributed by atoms with Crippen LogP contribution in [0.3, 0.4) is 0 Å². The van der Waals surface area contributed by atoms with Crippen LogP contribution in [0.2, 0.25) is 0 Å². The van der Waals surface area contributed by atoms with Crippen molar-refractivity contribution < 1.29 is 4.74 Å². The highest BCUT2D eigenvalue weighted by Crippen LogP contribution is 2.19. The van der Waals surface area contributed by atoms with Crippen LogP contribution in [0.1, 0.15) is 0 Å². The van der Waals surface area contributed by atoms with Gasteiger partial charge in [-0.3, -0.25) is 9.58 Å². The summed E-state index contributed by atoms with van der Waals surface area (Å²) >= 11 is 0. The molecule has 3 rings (SSSR count). The molecule has 1 aliphatic rings. The van der Waals surface area contributed by atoms with E-state index in [0.29, 0.717) is 0 Å². The second-order valence-electron chi connectivity index (χ2n) is 4.60. The van der Waals surface area contributed by atoms with Gasteiger partial charge in [0.1, 0.15) is 0 Å². The third-order valence-electron chi connectivity index (χ3n) is 3.45. The number of anilines is 1. The first kappa shape index (κ1) is 11.5. The van der Waals surface area contributed by atoms with Crippen LogP contribution in [0, 0.1) is 0 Å². The summed E-state index contributed by atoms with van der Waals surface area (Å²) in [6, 6.07) is 5.96. The van der Waals surface area contributed by atoms with E-state index in [9.17, 15) is 0 Å². The maximum atomic E-state index is 5.93. The van der Waals surface area contributed by atoms with Crippen molar-refractivity contribution >= 4 is 16.6 Å². The summed E-state index contributed by atoms with van der Waals surface area (Å²) < 4.78 is 7.37. The Labute approximate surface area is 106 Å². The van der Waals surface area contributed by atoms with Crippen molar-refractivity contribution in [1.29, 1.82) is 0 Å². The minimum absolute atomic E-state index is 0.796. The van der Waals surface area contributed by atoms with E-state index in [2.05, 4.69) is 16.1 Å². The average Bonchev–Trinajstić information content (AvgIpc) is 2.82. The van der Waals surface area contributed by atoms with Gasteiger partial charge in [0, 0.05) is 30.7 Å². The number of hydrogen-bond donors (Lipinski definition) is 1. The van der Waals surface area contributed by atoms with Crippen LogP contribution in [0.4, 0.5) is 5.69 Å². The topological polar surface area (TPSA) is 56.3 Å². The van der Waals surface area contributed by atoms with E-state index in [-0.39, 0.29) is 0 Å². The molecule has 1 aromatic carbocycles. The van der Waals surface area contributed by atoms with Crippen LogP contribution in [0.25, 0.3) is 10.9 Å². The molecule has 96 valence electrons. The molecule has 1 fully saturated rings. The molecule has 0 unspecified atom stereocenters. The number of aromatic nitrogens is 2. The minimum Gasteiger partial charge on any atom is -0.398 e. The van der Waals surface area contributed by atoms with Gasteiger partial charge in [-0.15, -0.1) is 0 Å². The molecule has 1 aromatic heterocycles. The van der Waals surface area contributed by atoms with Gasteiger partial charge in [-0.05, 0) is 12.1 Å². The Morgan fingerprint density at radius 1 is 1.22 bits per heavy atom. The summed E-state index contributed by atoms with van der Waals surface area (Å²) in [5, 5.41) is 5.46. The Kier molecular flexibility index (Phi) is 3.17. The Morgan fingerprint density at radius 3 is 2.89 bits per heavy atom. The molecule has 1 saturated heterocycles. The molecule has 2 heterocycles. The second-order valence-corrected chi connectivity index (χ2v) is 4.60. The highest BCUT2D eigenvalue weighted by Gasteiger charge is 2.11. The molecule has 1 aliphatic heterocycles. The third kappa shape index (κ3) is 2.19. The molecular weight excluding hydrogens is 228 g/mol. The van der Waals surface area contributed by atoms with Gasteiger partial charge in [0.15, 0.2) is 0 Å². The van der Waals surface area contributed by atoms with E-state index in [4.69, 9.17) is 10.5 Å². The molecule has 0 spiro atoms. The summed E-state index contributed by atoms with van der Waals surface area (Å²) in [5.41, 5.74) is 7.84. The standard InChI is InChI=1S/C13H18N4O/c14-12-2-1-3-13-11(12)10-15-17(13)5-4-16-6-8-18-9-7-16/h1-3,10H,4-9,14H2. The molecule has 0 amide bonds. The van der Waals surface area contributed by atoms with E-state index in [1.807, 2.05) is 23.0 Å². The predicted octanol–water partition coefficient (Wildman–Crippen LogP) is 0.951. The minimum atomic E-state index is 0.796. The van der Waals surface area contributed by atoms with Gasteiger partial charge < -0.3 is 10.5 Å². The number of benzene rings is 1. The van der Waals surface area contributed by atoms with Crippen LogP contribution in [-0.4, -0.2) is 47.5 Å². The van der Waals surface area contributed by atoms with E-state index < -0.39 is 0 Å². The van der Waals surface area contributed by atoms with Crippen molar-refractivity contribution in [3.05, 3.63) is 24.4 Å². The fourth-order valence-corrected chi connectivity index (χ4v) is 2.36. The zero-order chi connectivity index (χ0) is 12.4. The van der Waals surface area contributed by atoms with E-state index in [0.717, 1.165) is 56.0 Å². The molecule has 0 atom stereocenters. The lowest BCUT2D eigenvalue weighted by Gasteiger charge is -2.26. The normalized spacial score (nSPS) is 17.3. The number of ether oxygens (including phenoxy) is 1. The molecule has 5 nitrogen and oxygen atoms in total. The Bertz CT molecular complexity index is 531. The van der Waals surface area contributed by atoms with Gasteiger partial charge in [0.25, 0.3) is 0 Å². The zero-order valence-corrected chi connectivity index (χ0v) is 10.4. The fourth-order valence-electron chi connectivity index (χ4n) is 2.36. The van der Waals surface area contributed by atoms with Gasteiger partial charge in [-0.2, -0.15) is 5.10 Å². The van der Waals surface area contributed by atoms with Crippen molar-refractivity contribution in [3.63, 3.8) is 0 Å². The van der Waals surface area contributed by atoms with Crippen molar-refractivity contribution in [2.24, 2.45) is 0 Å². The highest BCUT2D eigenvalue weighted by atomic mass is 16.5. The fraction of sp³-hybridized carbons (Fsp3) is 0.462. The average molecular weight is 246 g/mol. The van der Waals surface area contributed by atoms with Crippen molar-refractivity contribution in [1.82, 2.24) is 14.7 Å². The number of nitrogens with zero attached hydrogens (tertiary/aromatic N) is 3. The molecule has 0 aliphatic carbocycles. The number of morpholine rings is 1. The number of nitrogens with two attached hydrogens (primary N) is 1. The number of fused-ring (bicyclic) bond motifs is 1. The van der Waals surface area contributed by atoms with Gasteiger partial charge in [-0.25, -0.2) is 0 Å². The maximum absolute atomic E-state index is 5.93. The molecule has 5 heteroatoms. The maximum Gasteiger partial charge on any atom is 0.0703 e. The number of nitrogen functional groups attached to an aromatic ring is 1. The number of hydrogen-bond acceptors (Lipinski definition) is 4. The van der Waals surface area contributed by atoms with Crippen LogP contribution in [-0.2, 0) is 11.3 Å². The SMILES string of the molecule is Nc1cccc2c1cnn2CCN1CCOCC1. The predicted molar refractivity (Wildman–Crippen MR) is 71.4 cm³/mol. The number of rotatable bonds is 3. The lowest BCUT2D eigenvalue weighted by Crippen LogP contribution is -2.38. The van der Waals surface area contributed by atoms with Crippen molar-refractivity contribution in [3.8, 4) is 0 Å². The molecule has 2 aromatic rings. The first-order chi connectivity index (χ1) is 8.84. The zero-order valence-electron chi connectivity index (χ0n) is 10.4. The van der Waals surface area contributed by atoms with E-state index >= 15 is 0 Å². The summed E-state index contributed by atoms with van der Waals surface area (Å²) in [4.78, 5) is 2.41. The van der Waals surface area contributed by atoms with Crippen molar-refractivity contribution in [2.45, 2.75) is 6.54 Å². The molecule has 0 radical (unpaired) electrons. The van der Waals surface area contributed by atoms with Gasteiger partial charge in [0.05, 0.1) is 31.5 Å². The molecule has 2 N–H and O–H groups in total. The largest absolute Gasteiger partial charge is 0.398 e. The first-order valence-corrected chi connectivity index (χ1v) is 6.35. The lowest BCUT2D eigenvalue weighted by molar-refractivity contribution is 0.0361. The smallest absolute Gasteiger partial charge is 0.0703 e. The highest BCUT2D eigenvalue weighted by molar-refractivity contribution is 5.90. The third-order valence-corrected chi connectivity index (χ3v) is 3.45.